The van der Waals surface area contributed by atoms with Gasteiger partial charge in [0.2, 0.25) is 5.76 Å². The van der Waals surface area contributed by atoms with Gasteiger partial charge in [-0.15, -0.1) is 0 Å². The van der Waals surface area contributed by atoms with E-state index in [4.69, 9.17) is 4.52 Å². The number of hydrogen-bond acceptors (Lipinski definition) is 5. The van der Waals surface area contributed by atoms with Crippen LogP contribution >= 0.6 is 0 Å². The average molecular weight is 437 g/mol. The fraction of sp³-hybridized carbons (Fsp3) is 0.391. The van der Waals surface area contributed by atoms with Crippen LogP contribution in [0.3, 0.4) is 0 Å². The van der Waals surface area contributed by atoms with Crippen molar-refractivity contribution in [3.8, 4) is 5.69 Å². The van der Waals surface area contributed by atoms with Gasteiger partial charge < -0.3 is 19.6 Å². The number of para-hydroxylation sites is 1. The van der Waals surface area contributed by atoms with Crippen LogP contribution in [0.2, 0.25) is 0 Å². The quantitative estimate of drug-likeness (QED) is 0.599. The molecule has 2 aromatic heterocycles. The third-order valence-electron chi connectivity index (χ3n) is 5.61. The first-order chi connectivity index (χ1) is 15.5. The number of carbonyl (C=O) groups excluding carboxylic acids is 2. The van der Waals surface area contributed by atoms with Crippen LogP contribution in [0, 0.1) is 13.8 Å². The summed E-state index contributed by atoms with van der Waals surface area (Å²) in [6, 6.07) is 11.6. The fourth-order valence-electron chi connectivity index (χ4n) is 3.77. The summed E-state index contributed by atoms with van der Waals surface area (Å²) in [5, 5.41) is 11.3. The van der Waals surface area contributed by atoms with Gasteiger partial charge in [0.25, 0.3) is 5.91 Å². The largest absolute Gasteiger partial charge is 0.351 e. The van der Waals surface area contributed by atoms with E-state index in [0.717, 1.165) is 24.2 Å². The molecule has 0 atom stereocenters. The summed E-state index contributed by atoms with van der Waals surface area (Å²) < 4.78 is 6.94. The zero-order valence-electron chi connectivity index (χ0n) is 18.5. The topological polar surface area (TPSA) is 96.5 Å². The minimum Gasteiger partial charge on any atom is -0.351 e. The minimum absolute atomic E-state index is 0.0932. The number of carbonyl (C=O) groups is 2. The number of nitrogens with zero attached hydrogens (tertiary/aromatic N) is 5. The summed E-state index contributed by atoms with van der Waals surface area (Å²) in [5.41, 5.74) is 3.89. The summed E-state index contributed by atoms with van der Waals surface area (Å²) >= 11 is 0. The highest BCUT2D eigenvalue weighted by Gasteiger charge is 2.26. The molecule has 1 N–H and O–H groups in total. The van der Waals surface area contributed by atoms with Crippen molar-refractivity contribution in [2.24, 2.45) is 0 Å². The van der Waals surface area contributed by atoms with Crippen molar-refractivity contribution in [2.45, 2.75) is 26.7 Å². The van der Waals surface area contributed by atoms with Crippen LogP contribution in [-0.4, -0.2) is 69.4 Å². The molecule has 3 aromatic rings. The maximum atomic E-state index is 12.5. The number of aromatic nitrogens is 3. The van der Waals surface area contributed by atoms with E-state index in [1.165, 1.54) is 5.56 Å². The van der Waals surface area contributed by atoms with Gasteiger partial charge in [-0.2, -0.15) is 5.10 Å². The lowest BCUT2D eigenvalue weighted by Gasteiger charge is -2.34. The molecular formula is C23H28N6O3. The zero-order chi connectivity index (χ0) is 22.5. The van der Waals surface area contributed by atoms with E-state index < -0.39 is 0 Å². The molecule has 1 saturated heterocycles. The highest BCUT2D eigenvalue weighted by Crippen LogP contribution is 2.14. The second-order valence-corrected chi connectivity index (χ2v) is 7.97. The van der Waals surface area contributed by atoms with Crippen LogP contribution in [0.15, 0.2) is 47.1 Å². The van der Waals surface area contributed by atoms with E-state index in [1.807, 2.05) is 41.9 Å². The maximum absolute atomic E-state index is 12.5. The van der Waals surface area contributed by atoms with E-state index in [2.05, 4.69) is 21.8 Å². The number of benzene rings is 1. The van der Waals surface area contributed by atoms with Crippen molar-refractivity contribution in [2.75, 3.05) is 32.7 Å². The number of urea groups is 1. The third-order valence-corrected chi connectivity index (χ3v) is 5.61. The Bertz CT molecular complexity index is 1070. The fourth-order valence-corrected chi connectivity index (χ4v) is 3.77. The molecular weight excluding hydrogens is 408 g/mol. The Morgan fingerprint density at radius 3 is 2.47 bits per heavy atom. The Balaban J connectivity index is 1.19. The van der Waals surface area contributed by atoms with E-state index >= 15 is 0 Å². The molecule has 1 fully saturated rings. The normalized spacial score (nSPS) is 13.9. The molecule has 32 heavy (non-hydrogen) atoms. The van der Waals surface area contributed by atoms with Gasteiger partial charge in [0.05, 0.1) is 17.1 Å². The summed E-state index contributed by atoms with van der Waals surface area (Å²) in [5.74, 6) is 0.0587. The molecule has 1 aromatic carbocycles. The first-order valence-corrected chi connectivity index (χ1v) is 10.9. The number of rotatable bonds is 6. The standard InChI is InChI=1S/C23H28N6O3/c1-17-15-21(32-26-17)22(30)27-11-13-28(14-12-27)23(31)24-10-6-7-19-16-29(25-18(19)2)20-8-4-3-5-9-20/h3-5,8-9,15-16H,6-7,10-14H2,1-2H3,(H,24,31). The van der Waals surface area contributed by atoms with Crippen molar-refractivity contribution in [1.29, 1.82) is 0 Å². The molecule has 168 valence electrons. The summed E-state index contributed by atoms with van der Waals surface area (Å²) in [6.45, 7) is 6.31. The SMILES string of the molecule is Cc1cc(C(=O)N2CCN(C(=O)NCCCc3cn(-c4ccccc4)nc3C)CC2)on1. The minimum atomic E-state index is -0.183. The van der Waals surface area contributed by atoms with Crippen LogP contribution in [0.25, 0.3) is 5.69 Å². The number of hydrogen-bond donors (Lipinski definition) is 1. The van der Waals surface area contributed by atoms with Crippen LogP contribution in [0.5, 0.6) is 0 Å². The maximum Gasteiger partial charge on any atom is 0.317 e. The van der Waals surface area contributed by atoms with Gasteiger partial charge in [-0.1, -0.05) is 23.4 Å². The van der Waals surface area contributed by atoms with E-state index in [-0.39, 0.29) is 17.7 Å². The lowest BCUT2D eigenvalue weighted by molar-refractivity contribution is 0.0625. The van der Waals surface area contributed by atoms with Crippen LogP contribution in [-0.2, 0) is 6.42 Å². The molecule has 0 bridgehead atoms. The highest BCUT2D eigenvalue weighted by molar-refractivity contribution is 5.91. The summed E-state index contributed by atoms with van der Waals surface area (Å²) in [4.78, 5) is 28.3. The molecule has 0 aliphatic carbocycles. The predicted molar refractivity (Wildman–Crippen MR) is 119 cm³/mol. The molecule has 1 aliphatic rings. The molecule has 3 amide bonds. The van der Waals surface area contributed by atoms with Crippen LogP contribution in [0.4, 0.5) is 4.79 Å². The first kappa shape index (κ1) is 21.6. The van der Waals surface area contributed by atoms with Gasteiger partial charge in [-0.25, -0.2) is 9.48 Å². The second kappa shape index (κ2) is 9.67. The van der Waals surface area contributed by atoms with E-state index in [9.17, 15) is 9.59 Å². The Morgan fingerprint density at radius 2 is 1.78 bits per heavy atom. The molecule has 9 nitrogen and oxygen atoms in total. The van der Waals surface area contributed by atoms with Gasteiger partial charge in [0.15, 0.2) is 0 Å². The van der Waals surface area contributed by atoms with Gasteiger partial charge >= 0.3 is 6.03 Å². The van der Waals surface area contributed by atoms with Crippen molar-refractivity contribution in [3.63, 3.8) is 0 Å². The number of nitrogens with one attached hydrogen (secondary N) is 1. The van der Waals surface area contributed by atoms with Crippen LogP contribution in [0.1, 0.15) is 33.9 Å². The van der Waals surface area contributed by atoms with Crippen molar-refractivity contribution in [3.05, 3.63) is 65.3 Å². The third kappa shape index (κ3) is 4.99. The Hall–Kier alpha value is -3.62. The lowest BCUT2D eigenvalue weighted by atomic mass is 10.1. The molecule has 0 unspecified atom stereocenters. The molecule has 0 saturated carbocycles. The number of aryl methyl sites for hydroxylation is 3. The van der Waals surface area contributed by atoms with Gasteiger partial charge in [-0.3, -0.25) is 4.79 Å². The monoisotopic (exact) mass is 436 g/mol. The molecule has 9 heteroatoms. The molecule has 3 heterocycles. The second-order valence-electron chi connectivity index (χ2n) is 7.97. The van der Waals surface area contributed by atoms with E-state index in [0.29, 0.717) is 38.4 Å². The number of piperazine rings is 1. The highest BCUT2D eigenvalue weighted by atomic mass is 16.5. The Morgan fingerprint density at radius 1 is 1.06 bits per heavy atom. The van der Waals surface area contributed by atoms with Crippen molar-refractivity contribution in [1.82, 2.24) is 30.1 Å². The molecule has 4 rings (SSSR count). The zero-order valence-corrected chi connectivity index (χ0v) is 18.5. The average Bonchev–Trinajstić information content (AvgIpc) is 3.42. The molecule has 0 spiro atoms. The van der Waals surface area contributed by atoms with Gasteiger partial charge in [-0.05, 0) is 44.4 Å². The Labute approximate surface area is 187 Å². The Kier molecular flexibility index (Phi) is 6.53. The van der Waals surface area contributed by atoms with Crippen molar-refractivity contribution >= 4 is 11.9 Å². The van der Waals surface area contributed by atoms with Crippen molar-refractivity contribution < 1.29 is 14.1 Å². The van der Waals surface area contributed by atoms with Gasteiger partial charge in [0, 0.05) is 45.0 Å². The predicted octanol–water partition coefficient (Wildman–Crippen LogP) is 2.58. The number of amides is 3. The van der Waals surface area contributed by atoms with Gasteiger partial charge in [0.1, 0.15) is 0 Å². The van der Waals surface area contributed by atoms with Crippen LogP contribution < -0.4 is 5.32 Å². The lowest BCUT2D eigenvalue weighted by Crippen LogP contribution is -2.53. The smallest absolute Gasteiger partial charge is 0.317 e. The first-order valence-electron chi connectivity index (χ1n) is 10.9. The summed E-state index contributed by atoms with van der Waals surface area (Å²) in [6.07, 6.45) is 3.73. The van der Waals surface area contributed by atoms with E-state index in [1.54, 1.807) is 22.8 Å². The molecule has 1 aliphatic heterocycles. The molecule has 0 radical (unpaired) electrons. The summed E-state index contributed by atoms with van der Waals surface area (Å²) in [7, 11) is 0.